The molecule has 2 atom stereocenters. The van der Waals surface area contributed by atoms with Gasteiger partial charge in [-0.2, -0.15) is 0 Å². The van der Waals surface area contributed by atoms with Crippen molar-refractivity contribution in [3.8, 4) is 11.5 Å². The van der Waals surface area contributed by atoms with E-state index in [-0.39, 0.29) is 12.4 Å². The zero-order valence-electron chi connectivity index (χ0n) is 10.3. The summed E-state index contributed by atoms with van der Waals surface area (Å²) in [4.78, 5) is 0. The van der Waals surface area contributed by atoms with Gasteiger partial charge in [0.2, 0.25) is 0 Å². The first-order chi connectivity index (χ1) is 8.28. The maximum atomic E-state index is 9.58. The molecule has 0 aromatic heterocycles. The molecule has 0 radical (unpaired) electrons. The van der Waals surface area contributed by atoms with Crippen molar-refractivity contribution in [2.24, 2.45) is 17.6 Å². The Balaban J connectivity index is 0.00000120. The summed E-state index contributed by atoms with van der Waals surface area (Å²) in [7, 11) is 0. The van der Waals surface area contributed by atoms with Crippen LogP contribution in [0.4, 0.5) is 0 Å². The van der Waals surface area contributed by atoms with E-state index in [9.17, 15) is 5.11 Å². The average molecular weight is 270 g/mol. The van der Waals surface area contributed by atoms with Crippen molar-refractivity contribution in [2.45, 2.75) is 25.2 Å². The standard InChI is InChI=1S/C14H19NO2.ClH/c15-7-10-5-12(10)13-6-11(16)3-4-14(13)17-8-9-1-2-9;/h3-4,6,9-10,12,16H,1-2,5,7-8,15H2;1H. The van der Waals surface area contributed by atoms with Crippen LogP contribution in [0.25, 0.3) is 0 Å². The minimum Gasteiger partial charge on any atom is -0.508 e. The number of benzene rings is 1. The summed E-state index contributed by atoms with van der Waals surface area (Å²) in [5.41, 5.74) is 6.82. The van der Waals surface area contributed by atoms with Crippen molar-refractivity contribution in [3.05, 3.63) is 23.8 Å². The number of phenols is 1. The first-order valence-corrected chi connectivity index (χ1v) is 6.43. The van der Waals surface area contributed by atoms with Gasteiger partial charge in [0.05, 0.1) is 6.61 Å². The maximum absolute atomic E-state index is 9.58. The lowest BCUT2D eigenvalue weighted by Crippen LogP contribution is -2.04. The zero-order valence-corrected chi connectivity index (χ0v) is 11.2. The molecule has 2 fully saturated rings. The number of nitrogens with two attached hydrogens (primary N) is 1. The van der Waals surface area contributed by atoms with E-state index in [1.54, 1.807) is 6.07 Å². The average Bonchev–Trinajstić information content (AvgIpc) is 3.21. The molecular weight excluding hydrogens is 250 g/mol. The Bertz CT molecular complexity index is 420. The zero-order chi connectivity index (χ0) is 11.8. The second kappa shape index (κ2) is 5.37. The Hall–Kier alpha value is -0.930. The molecule has 0 spiro atoms. The Kier molecular flexibility index (Phi) is 4.03. The van der Waals surface area contributed by atoms with Gasteiger partial charge < -0.3 is 15.6 Å². The molecule has 100 valence electrons. The molecular formula is C14H20ClNO2. The molecule has 2 unspecified atom stereocenters. The van der Waals surface area contributed by atoms with Crippen molar-refractivity contribution >= 4 is 12.4 Å². The van der Waals surface area contributed by atoms with Crippen molar-refractivity contribution in [1.29, 1.82) is 0 Å². The van der Waals surface area contributed by atoms with E-state index in [0.717, 1.165) is 36.8 Å². The van der Waals surface area contributed by atoms with Gasteiger partial charge in [-0.25, -0.2) is 0 Å². The minimum atomic E-state index is 0. The molecule has 3 nitrogen and oxygen atoms in total. The highest BCUT2D eigenvalue weighted by Crippen LogP contribution is 2.50. The Morgan fingerprint density at radius 3 is 2.72 bits per heavy atom. The molecule has 2 saturated carbocycles. The number of aromatic hydroxyl groups is 1. The summed E-state index contributed by atoms with van der Waals surface area (Å²) in [5.74, 6) is 3.07. The van der Waals surface area contributed by atoms with Gasteiger partial charge in [0.15, 0.2) is 0 Å². The van der Waals surface area contributed by atoms with Gasteiger partial charge in [-0.1, -0.05) is 0 Å². The highest BCUT2D eigenvalue weighted by atomic mass is 35.5. The fourth-order valence-corrected chi connectivity index (χ4v) is 2.34. The molecule has 1 aromatic carbocycles. The van der Waals surface area contributed by atoms with E-state index in [2.05, 4.69) is 0 Å². The number of halogens is 1. The number of ether oxygens (including phenoxy) is 1. The lowest BCUT2D eigenvalue weighted by Gasteiger charge is -2.11. The van der Waals surface area contributed by atoms with Gasteiger partial charge in [-0.15, -0.1) is 12.4 Å². The molecule has 0 amide bonds. The lowest BCUT2D eigenvalue weighted by atomic mass is 10.1. The van der Waals surface area contributed by atoms with Crippen LogP contribution in [0.3, 0.4) is 0 Å². The Labute approximate surface area is 114 Å². The van der Waals surface area contributed by atoms with Gasteiger partial charge in [-0.3, -0.25) is 0 Å². The van der Waals surface area contributed by atoms with E-state index >= 15 is 0 Å². The first kappa shape index (κ1) is 13.5. The monoisotopic (exact) mass is 269 g/mol. The fraction of sp³-hybridized carbons (Fsp3) is 0.571. The van der Waals surface area contributed by atoms with E-state index in [1.807, 2.05) is 12.1 Å². The minimum absolute atomic E-state index is 0. The molecule has 0 bridgehead atoms. The van der Waals surface area contributed by atoms with Crippen LogP contribution >= 0.6 is 12.4 Å². The van der Waals surface area contributed by atoms with Crippen molar-refractivity contribution in [3.63, 3.8) is 0 Å². The number of hydrogen-bond acceptors (Lipinski definition) is 3. The summed E-state index contributed by atoms with van der Waals surface area (Å²) in [5, 5.41) is 9.58. The van der Waals surface area contributed by atoms with E-state index in [1.165, 1.54) is 12.8 Å². The molecule has 4 heteroatoms. The summed E-state index contributed by atoms with van der Waals surface area (Å²) < 4.78 is 5.86. The number of phenolic OH excluding ortho intramolecular Hbond substituents is 1. The largest absolute Gasteiger partial charge is 0.508 e. The molecule has 3 rings (SSSR count). The molecule has 2 aliphatic rings. The SMILES string of the molecule is Cl.NCC1CC1c1cc(O)ccc1OCC1CC1. The van der Waals surface area contributed by atoms with Crippen molar-refractivity contribution < 1.29 is 9.84 Å². The number of hydrogen-bond donors (Lipinski definition) is 2. The number of rotatable bonds is 5. The molecule has 2 aliphatic carbocycles. The predicted octanol–water partition coefficient (Wildman–Crippen LogP) is 2.67. The maximum Gasteiger partial charge on any atom is 0.123 e. The second-order valence-electron chi connectivity index (χ2n) is 5.31. The van der Waals surface area contributed by atoms with E-state index < -0.39 is 0 Å². The first-order valence-electron chi connectivity index (χ1n) is 6.43. The van der Waals surface area contributed by atoms with Gasteiger partial charge in [0.25, 0.3) is 0 Å². The summed E-state index contributed by atoms with van der Waals surface area (Å²) in [6, 6.07) is 5.42. The Morgan fingerprint density at radius 2 is 2.11 bits per heavy atom. The van der Waals surface area contributed by atoms with Crippen LogP contribution in [0.15, 0.2) is 18.2 Å². The van der Waals surface area contributed by atoms with Gasteiger partial charge in [0.1, 0.15) is 11.5 Å². The quantitative estimate of drug-likeness (QED) is 0.864. The summed E-state index contributed by atoms with van der Waals surface area (Å²) >= 11 is 0. The van der Waals surface area contributed by atoms with Crippen LogP contribution in [0.1, 0.15) is 30.7 Å². The van der Waals surface area contributed by atoms with Crippen LogP contribution in [0.2, 0.25) is 0 Å². The highest BCUT2D eigenvalue weighted by molar-refractivity contribution is 5.85. The second-order valence-corrected chi connectivity index (χ2v) is 5.31. The Morgan fingerprint density at radius 1 is 1.33 bits per heavy atom. The van der Waals surface area contributed by atoms with Crippen LogP contribution in [-0.4, -0.2) is 18.3 Å². The van der Waals surface area contributed by atoms with Gasteiger partial charge in [-0.05, 0) is 61.8 Å². The highest BCUT2D eigenvalue weighted by Gasteiger charge is 2.39. The van der Waals surface area contributed by atoms with E-state index in [0.29, 0.717) is 17.6 Å². The van der Waals surface area contributed by atoms with E-state index in [4.69, 9.17) is 10.5 Å². The molecule has 0 heterocycles. The van der Waals surface area contributed by atoms with Crippen LogP contribution in [0, 0.1) is 11.8 Å². The smallest absolute Gasteiger partial charge is 0.123 e. The molecule has 1 aromatic rings. The van der Waals surface area contributed by atoms with Crippen LogP contribution in [-0.2, 0) is 0 Å². The van der Waals surface area contributed by atoms with Crippen LogP contribution < -0.4 is 10.5 Å². The lowest BCUT2D eigenvalue weighted by molar-refractivity contribution is 0.296. The predicted molar refractivity (Wildman–Crippen MR) is 73.5 cm³/mol. The normalized spacial score (nSPS) is 25.4. The van der Waals surface area contributed by atoms with Crippen molar-refractivity contribution in [2.75, 3.05) is 13.2 Å². The molecule has 18 heavy (non-hydrogen) atoms. The molecule has 0 aliphatic heterocycles. The third-order valence-corrected chi connectivity index (χ3v) is 3.79. The molecule has 3 N–H and O–H groups in total. The third-order valence-electron chi connectivity index (χ3n) is 3.79. The summed E-state index contributed by atoms with van der Waals surface area (Å²) in [6.45, 7) is 1.54. The fourth-order valence-electron chi connectivity index (χ4n) is 2.34. The summed E-state index contributed by atoms with van der Waals surface area (Å²) in [6.07, 6.45) is 3.71. The van der Waals surface area contributed by atoms with Crippen molar-refractivity contribution in [1.82, 2.24) is 0 Å². The van der Waals surface area contributed by atoms with Gasteiger partial charge >= 0.3 is 0 Å². The van der Waals surface area contributed by atoms with Crippen LogP contribution in [0.5, 0.6) is 11.5 Å². The van der Waals surface area contributed by atoms with Gasteiger partial charge in [0, 0.05) is 5.56 Å². The third kappa shape index (κ3) is 2.90. The molecule has 0 saturated heterocycles. The topological polar surface area (TPSA) is 55.5 Å².